The third-order valence-corrected chi connectivity index (χ3v) is 6.25. The Morgan fingerprint density at radius 2 is 1.62 bits per heavy atom. The van der Waals surface area contributed by atoms with Crippen LogP contribution in [0.5, 0.6) is 0 Å². The molecule has 1 N–H and O–H groups in total. The van der Waals surface area contributed by atoms with E-state index in [4.69, 9.17) is 4.74 Å². The molecule has 2 aliphatic heterocycles. The van der Waals surface area contributed by atoms with E-state index in [1.165, 1.54) is 23.0 Å². The van der Waals surface area contributed by atoms with E-state index in [0.717, 1.165) is 32.3 Å². The quantitative estimate of drug-likeness (QED) is 0.336. The van der Waals surface area contributed by atoms with Gasteiger partial charge >= 0.3 is 6.18 Å². The number of hydrogen-bond donors (Lipinski definition) is 1. The van der Waals surface area contributed by atoms with Crippen molar-refractivity contribution in [1.82, 2.24) is 20.0 Å². The average molecular weight is 569 g/mol. The molecule has 32 heavy (non-hydrogen) atoms. The summed E-state index contributed by atoms with van der Waals surface area (Å²) in [7, 11) is 1.72. The van der Waals surface area contributed by atoms with E-state index in [-0.39, 0.29) is 30.0 Å². The van der Waals surface area contributed by atoms with E-state index < -0.39 is 12.2 Å². The fourth-order valence-corrected chi connectivity index (χ4v) is 4.18. The van der Waals surface area contributed by atoms with Gasteiger partial charge in [-0.15, -0.1) is 24.0 Å². The topological polar surface area (TPSA) is 43.3 Å². The molecule has 1 aromatic carbocycles. The lowest BCUT2D eigenvalue weighted by atomic mass is 10.0. The molecule has 0 amide bonds. The van der Waals surface area contributed by atoms with Crippen LogP contribution in [0.2, 0.25) is 0 Å². The molecule has 3 rings (SSSR count). The van der Waals surface area contributed by atoms with Crippen LogP contribution in [0.1, 0.15) is 24.1 Å². The molecule has 0 aromatic heterocycles. The number of guanidine groups is 1. The molecule has 0 spiro atoms. The molecule has 2 atom stereocenters. The van der Waals surface area contributed by atoms with Gasteiger partial charge in [-0.2, -0.15) is 13.2 Å². The van der Waals surface area contributed by atoms with E-state index in [1.54, 1.807) is 7.05 Å². The largest absolute Gasteiger partial charge is 0.403 e. The minimum atomic E-state index is -4.19. The number of aryl methyl sites for hydroxylation is 1. The molecule has 2 saturated heterocycles. The molecule has 10 heteroatoms. The fraction of sp³-hybridized carbons (Fsp3) is 0.682. The van der Waals surface area contributed by atoms with Crippen LogP contribution in [0, 0.1) is 6.92 Å². The molecule has 0 saturated carbocycles. The van der Waals surface area contributed by atoms with Crippen molar-refractivity contribution in [2.75, 3.05) is 66.1 Å². The minimum Gasteiger partial charge on any atom is -0.379 e. The lowest BCUT2D eigenvalue weighted by molar-refractivity contribution is -0.181. The Balaban J connectivity index is 0.00000363. The second kappa shape index (κ2) is 12.4. The van der Waals surface area contributed by atoms with Gasteiger partial charge in [-0.1, -0.05) is 29.8 Å². The zero-order valence-corrected chi connectivity index (χ0v) is 21.4. The standard InChI is InChI=1S/C22H34F3N5O.HI/c1-17-4-6-19(7-5-17)20(29-12-14-31-15-13-29)16-27-21(26-3)30-10-8-28(9-11-30)18(2)22(23,24)25;/h4-7,18,20H,8-16H2,1-3H3,(H,26,27);1H. The molecule has 2 heterocycles. The van der Waals surface area contributed by atoms with Crippen molar-refractivity contribution in [2.24, 2.45) is 4.99 Å². The summed E-state index contributed by atoms with van der Waals surface area (Å²) in [5.41, 5.74) is 2.46. The highest BCUT2D eigenvalue weighted by Gasteiger charge is 2.41. The summed E-state index contributed by atoms with van der Waals surface area (Å²) in [5, 5.41) is 3.48. The molecular weight excluding hydrogens is 534 g/mol. The number of morpholine rings is 1. The third-order valence-electron chi connectivity index (χ3n) is 6.25. The van der Waals surface area contributed by atoms with Crippen molar-refractivity contribution >= 4 is 29.9 Å². The Kier molecular flexibility index (Phi) is 10.5. The molecule has 0 radical (unpaired) electrons. The number of nitrogens with one attached hydrogen (secondary N) is 1. The van der Waals surface area contributed by atoms with Crippen LogP contribution in [0.25, 0.3) is 0 Å². The lowest BCUT2D eigenvalue weighted by Crippen LogP contribution is -2.57. The number of halogens is 4. The molecule has 1 aromatic rings. The summed E-state index contributed by atoms with van der Waals surface area (Å²) in [4.78, 5) is 10.4. The lowest BCUT2D eigenvalue weighted by Gasteiger charge is -2.40. The Bertz CT molecular complexity index is 717. The Morgan fingerprint density at radius 3 is 2.16 bits per heavy atom. The number of benzene rings is 1. The van der Waals surface area contributed by atoms with Crippen molar-refractivity contribution in [1.29, 1.82) is 0 Å². The first-order chi connectivity index (χ1) is 14.8. The summed E-state index contributed by atoms with van der Waals surface area (Å²) >= 11 is 0. The van der Waals surface area contributed by atoms with Crippen molar-refractivity contribution < 1.29 is 17.9 Å². The van der Waals surface area contributed by atoms with E-state index in [9.17, 15) is 13.2 Å². The van der Waals surface area contributed by atoms with Gasteiger partial charge in [0.05, 0.1) is 19.3 Å². The van der Waals surface area contributed by atoms with Crippen LogP contribution in [-0.4, -0.2) is 99.0 Å². The maximum Gasteiger partial charge on any atom is 0.403 e. The smallest absolute Gasteiger partial charge is 0.379 e. The van der Waals surface area contributed by atoms with Crippen LogP contribution in [0.15, 0.2) is 29.3 Å². The number of alkyl halides is 3. The number of rotatable bonds is 5. The second-order valence-electron chi connectivity index (χ2n) is 8.24. The monoisotopic (exact) mass is 569 g/mol. The fourth-order valence-electron chi connectivity index (χ4n) is 4.18. The SMILES string of the molecule is CN=C(NCC(c1ccc(C)cc1)N1CCOCC1)N1CCN(C(C)C(F)(F)F)CC1.I. The van der Waals surface area contributed by atoms with Gasteiger partial charge in [-0.3, -0.25) is 14.8 Å². The Hall–Kier alpha value is -1.11. The first-order valence-corrected chi connectivity index (χ1v) is 10.9. The highest BCUT2D eigenvalue weighted by molar-refractivity contribution is 14.0. The van der Waals surface area contributed by atoms with E-state index in [0.29, 0.717) is 32.7 Å². The first-order valence-electron chi connectivity index (χ1n) is 10.9. The van der Waals surface area contributed by atoms with Gasteiger partial charge < -0.3 is 15.0 Å². The molecule has 182 valence electrons. The van der Waals surface area contributed by atoms with Gasteiger partial charge in [0.25, 0.3) is 0 Å². The molecule has 0 bridgehead atoms. The van der Waals surface area contributed by atoms with Crippen molar-refractivity contribution in [3.63, 3.8) is 0 Å². The van der Waals surface area contributed by atoms with Gasteiger partial charge in [0.15, 0.2) is 5.96 Å². The maximum atomic E-state index is 13.0. The molecule has 0 aliphatic carbocycles. The van der Waals surface area contributed by atoms with Crippen molar-refractivity contribution in [3.8, 4) is 0 Å². The van der Waals surface area contributed by atoms with Crippen LogP contribution in [0.3, 0.4) is 0 Å². The van der Waals surface area contributed by atoms with Crippen LogP contribution >= 0.6 is 24.0 Å². The number of aliphatic imine (C=N–C) groups is 1. The van der Waals surface area contributed by atoms with E-state index in [2.05, 4.69) is 46.4 Å². The van der Waals surface area contributed by atoms with Crippen molar-refractivity contribution in [3.05, 3.63) is 35.4 Å². The summed E-state index contributed by atoms with van der Waals surface area (Å²) in [6.07, 6.45) is -4.19. The van der Waals surface area contributed by atoms with Gasteiger partial charge in [-0.05, 0) is 19.4 Å². The molecule has 2 unspecified atom stereocenters. The van der Waals surface area contributed by atoms with Gasteiger partial charge in [0.2, 0.25) is 0 Å². The Labute approximate surface area is 206 Å². The molecule has 2 aliphatic rings. The normalized spacial score (nSPS) is 21.1. The summed E-state index contributed by atoms with van der Waals surface area (Å²) in [5.74, 6) is 0.740. The zero-order valence-electron chi connectivity index (χ0n) is 19.1. The zero-order chi connectivity index (χ0) is 22.4. The van der Waals surface area contributed by atoms with Crippen LogP contribution in [0.4, 0.5) is 13.2 Å². The van der Waals surface area contributed by atoms with Crippen LogP contribution in [-0.2, 0) is 4.74 Å². The highest BCUT2D eigenvalue weighted by atomic mass is 127. The summed E-state index contributed by atoms with van der Waals surface area (Å²) in [6.45, 7) is 8.93. The molecule has 6 nitrogen and oxygen atoms in total. The van der Waals surface area contributed by atoms with E-state index >= 15 is 0 Å². The number of ether oxygens (including phenoxy) is 1. The second-order valence-corrected chi connectivity index (χ2v) is 8.24. The van der Waals surface area contributed by atoms with E-state index in [1.807, 2.05) is 4.90 Å². The third kappa shape index (κ3) is 7.19. The molecular formula is C22H35F3IN5O. The average Bonchev–Trinajstić information content (AvgIpc) is 2.77. The number of piperazine rings is 1. The summed E-state index contributed by atoms with van der Waals surface area (Å²) < 4.78 is 44.6. The summed E-state index contributed by atoms with van der Waals surface area (Å²) in [6, 6.07) is 7.33. The van der Waals surface area contributed by atoms with Gasteiger partial charge in [-0.25, -0.2) is 0 Å². The predicted molar refractivity (Wildman–Crippen MR) is 132 cm³/mol. The Morgan fingerprint density at radius 1 is 1.03 bits per heavy atom. The maximum absolute atomic E-state index is 13.0. The first kappa shape index (κ1) is 27.1. The van der Waals surface area contributed by atoms with Crippen LogP contribution < -0.4 is 5.32 Å². The predicted octanol–water partition coefficient (Wildman–Crippen LogP) is 3.13. The number of hydrogen-bond acceptors (Lipinski definition) is 4. The highest BCUT2D eigenvalue weighted by Crippen LogP contribution is 2.25. The number of nitrogens with zero attached hydrogens (tertiary/aromatic N) is 4. The van der Waals surface area contributed by atoms with Gasteiger partial charge in [0.1, 0.15) is 6.04 Å². The van der Waals surface area contributed by atoms with Crippen molar-refractivity contribution in [2.45, 2.75) is 32.1 Å². The molecule has 2 fully saturated rings. The minimum absolute atomic E-state index is 0. The van der Waals surface area contributed by atoms with Gasteiger partial charge in [0, 0.05) is 52.9 Å².